The Kier molecular flexibility index (Phi) is 3.82. The van der Waals surface area contributed by atoms with Gasteiger partial charge >= 0.3 is 5.97 Å². The Morgan fingerprint density at radius 2 is 2.09 bits per heavy atom. The van der Waals surface area contributed by atoms with Crippen molar-refractivity contribution < 1.29 is 13.9 Å². The van der Waals surface area contributed by atoms with Crippen LogP contribution in [0.5, 0.6) is 0 Å². The van der Waals surface area contributed by atoms with Crippen molar-refractivity contribution in [2.45, 2.75) is 20.1 Å². The van der Waals surface area contributed by atoms with Crippen molar-refractivity contribution in [2.24, 2.45) is 0 Å². The minimum absolute atomic E-state index is 0.106. The lowest BCUT2D eigenvalue weighted by molar-refractivity contribution is 0.0469. The summed E-state index contributed by atoms with van der Waals surface area (Å²) in [6, 6.07) is 11.3. The molecular formula is C16H14FN3O2. The first-order valence-corrected chi connectivity index (χ1v) is 6.93. The second kappa shape index (κ2) is 5.93. The number of aromatic nitrogens is 3. The number of ether oxygens (including phenoxy) is 1. The number of halogens is 1. The van der Waals surface area contributed by atoms with E-state index in [0.717, 1.165) is 5.52 Å². The Morgan fingerprint density at radius 3 is 2.86 bits per heavy atom. The molecule has 22 heavy (non-hydrogen) atoms. The molecule has 0 saturated heterocycles. The number of nitrogens with zero attached hydrogens (tertiary/aromatic N) is 3. The van der Waals surface area contributed by atoms with Gasteiger partial charge in [0.1, 0.15) is 17.9 Å². The first-order chi connectivity index (χ1) is 10.7. The third kappa shape index (κ3) is 2.67. The fraction of sp³-hybridized carbons (Fsp3) is 0.188. The van der Waals surface area contributed by atoms with Gasteiger partial charge in [-0.2, -0.15) is 0 Å². The monoisotopic (exact) mass is 299 g/mol. The normalized spacial score (nSPS) is 10.8. The van der Waals surface area contributed by atoms with Crippen LogP contribution in [0.15, 0.2) is 42.5 Å². The average molecular weight is 299 g/mol. The van der Waals surface area contributed by atoms with Gasteiger partial charge < -0.3 is 4.74 Å². The van der Waals surface area contributed by atoms with E-state index in [2.05, 4.69) is 10.3 Å². The average Bonchev–Trinajstić information content (AvgIpc) is 2.96. The largest absolute Gasteiger partial charge is 0.457 e. The number of fused-ring (bicyclic) bond motifs is 1. The zero-order valence-corrected chi connectivity index (χ0v) is 12.0. The molecule has 0 unspecified atom stereocenters. The van der Waals surface area contributed by atoms with Crippen LogP contribution < -0.4 is 0 Å². The quantitative estimate of drug-likeness (QED) is 0.695. The van der Waals surface area contributed by atoms with Crippen molar-refractivity contribution in [1.29, 1.82) is 0 Å². The summed E-state index contributed by atoms with van der Waals surface area (Å²) < 4.78 is 20.4. The van der Waals surface area contributed by atoms with Crippen LogP contribution in [0.4, 0.5) is 4.39 Å². The van der Waals surface area contributed by atoms with Crippen LogP contribution in [0.3, 0.4) is 0 Å². The van der Waals surface area contributed by atoms with Gasteiger partial charge in [0.05, 0.1) is 11.1 Å². The molecule has 3 aromatic rings. The summed E-state index contributed by atoms with van der Waals surface area (Å²) in [5, 5.41) is 7.99. The number of carbonyl (C=O) groups is 1. The fourth-order valence-electron chi connectivity index (χ4n) is 2.17. The Hall–Kier alpha value is -2.76. The van der Waals surface area contributed by atoms with Crippen molar-refractivity contribution in [3.8, 4) is 0 Å². The van der Waals surface area contributed by atoms with Crippen molar-refractivity contribution in [3.63, 3.8) is 0 Å². The third-order valence-electron chi connectivity index (χ3n) is 3.37. The summed E-state index contributed by atoms with van der Waals surface area (Å²) in [6.07, 6.45) is 0. The molecule has 3 rings (SSSR count). The van der Waals surface area contributed by atoms with Crippen LogP contribution in [-0.4, -0.2) is 21.0 Å². The lowest BCUT2D eigenvalue weighted by atomic mass is 10.2. The maximum Gasteiger partial charge on any atom is 0.338 e. The molecule has 0 spiro atoms. The van der Waals surface area contributed by atoms with Crippen LogP contribution >= 0.6 is 0 Å². The van der Waals surface area contributed by atoms with Crippen molar-refractivity contribution in [2.75, 3.05) is 0 Å². The Bertz CT molecular complexity index is 829. The summed E-state index contributed by atoms with van der Waals surface area (Å²) in [7, 11) is 0. The minimum atomic E-state index is -0.517. The highest BCUT2D eigenvalue weighted by molar-refractivity contribution is 5.93. The summed E-state index contributed by atoms with van der Waals surface area (Å²) >= 11 is 0. The lowest BCUT2D eigenvalue weighted by Crippen LogP contribution is -2.06. The molecule has 6 heteroatoms. The predicted molar refractivity (Wildman–Crippen MR) is 78.7 cm³/mol. The molecule has 112 valence electrons. The molecule has 0 N–H and O–H groups in total. The molecule has 1 heterocycles. The molecule has 5 nitrogen and oxygen atoms in total. The van der Waals surface area contributed by atoms with Gasteiger partial charge in [-0.3, -0.25) is 0 Å². The Labute approximate surface area is 126 Å². The van der Waals surface area contributed by atoms with Crippen LogP contribution in [-0.2, 0) is 17.9 Å². The Balaban J connectivity index is 1.76. The number of aryl methyl sites for hydroxylation is 1. The molecular weight excluding hydrogens is 285 g/mol. The Morgan fingerprint density at radius 1 is 1.27 bits per heavy atom. The summed E-state index contributed by atoms with van der Waals surface area (Å²) in [5.74, 6) is -0.909. The van der Waals surface area contributed by atoms with E-state index in [-0.39, 0.29) is 6.61 Å². The van der Waals surface area contributed by atoms with E-state index in [1.54, 1.807) is 41.1 Å². The number of hydrogen-bond donors (Lipinski definition) is 0. The van der Waals surface area contributed by atoms with Gasteiger partial charge in [-0.1, -0.05) is 23.4 Å². The van der Waals surface area contributed by atoms with E-state index in [1.807, 2.05) is 6.92 Å². The second-order valence-electron chi connectivity index (χ2n) is 4.78. The van der Waals surface area contributed by atoms with Gasteiger partial charge in [0.15, 0.2) is 0 Å². The van der Waals surface area contributed by atoms with E-state index in [4.69, 9.17) is 4.74 Å². The second-order valence-corrected chi connectivity index (χ2v) is 4.78. The van der Waals surface area contributed by atoms with Crippen LogP contribution in [0.2, 0.25) is 0 Å². The lowest BCUT2D eigenvalue weighted by Gasteiger charge is -2.06. The van der Waals surface area contributed by atoms with E-state index in [1.165, 1.54) is 6.07 Å². The number of carbonyl (C=O) groups excluding carboxylic acids is 1. The van der Waals surface area contributed by atoms with Crippen molar-refractivity contribution in [3.05, 3.63) is 59.4 Å². The topological polar surface area (TPSA) is 57.0 Å². The number of rotatable bonds is 4. The number of esters is 1. The minimum Gasteiger partial charge on any atom is -0.457 e. The van der Waals surface area contributed by atoms with E-state index in [0.29, 0.717) is 23.2 Å². The molecule has 0 aliphatic rings. The first kappa shape index (κ1) is 14.2. The maximum atomic E-state index is 13.5. The van der Waals surface area contributed by atoms with Crippen LogP contribution in [0.1, 0.15) is 22.8 Å². The summed E-state index contributed by atoms with van der Waals surface area (Å²) in [6.45, 7) is 2.56. The highest BCUT2D eigenvalue weighted by atomic mass is 19.1. The maximum absolute atomic E-state index is 13.5. The summed E-state index contributed by atoms with van der Waals surface area (Å²) in [4.78, 5) is 12.0. The zero-order chi connectivity index (χ0) is 15.5. The molecule has 0 bridgehead atoms. The van der Waals surface area contributed by atoms with Gasteiger partial charge in [0, 0.05) is 12.1 Å². The van der Waals surface area contributed by atoms with Gasteiger partial charge in [-0.05, 0) is 31.2 Å². The van der Waals surface area contributed by atoms with Gasteiger partial charge in [0.25, 0.3) is 0 Å². The predicted octanol–water partition coefficient (Wildman–Crippen LogP) is 2.95. The van der Waals surface area contributed by atoms with Crippen molar-refractivity contribution >= 4 is 17.0 Å². The highest BCUT2D eigenvalue weighted by Gasteiger charge is 2.12. The molecule has 0 aliphatic carbocycles. The van der Waals surface area contributed by atoms with Crippen LogP contribution in [0.25, 0.3) is 11.0 Å². The van der Waals surface area contributed by atoms with E-state index >= 15 is 0 Å². The SMILES string of the molecule is CCn1nnc2cc(C(=O)OCc3ccccc3F)ccc21. The smallest absolute Gasteiger partial charge is 0.338 e. The molecule has 2 aromatic carbocycles. The molecule has 0 aliphatic heterocycles. The summed E-state index contributed by atoms with van der Waals surface area (Å²) in [5.41, 5.74) is 2.19. The molecule has 0 radical (unpaired) electrons. The first-order valence-electron chi connectivity index (χ1n) is 6.93. The highest BCUT2D eigenvalue weighted by Crippen LogP contribution is 2.15. The van der Waals surface area contributed by atoms with Gasteiger partial charge in [-0.15, -0.1) is 5.10 Å². The van der Waals surface area contributed by atoms with E-state index in [9.17, 15) is 9.18 Å². The van der Waals surface area contributed by atoms with Gasteiger partial charge in [0.2, 0.25) is 0 Å². The number of benzene rings is 2. The number of hydrogen-bond acceptors (Lipinski definition) is 4. The molecule has 0 fully saturated rings. The zero-order valence-electron chi connectivity index (χ0n) is 12.0. The van der Waals surface area contributed by atoms with Crippen LogP contribution in [0, 0.1) is 5.82 Å². The standard InChI is InChI=1S/C16H14FN3O2/c1-2-20-15-8-7-11(9-14(15)18-19-20)16(21)22-10-12-5-3-4-6-13(12)17/h3-9H,2,10H2,1H3. The fourth-order valence-corrected chi connectivity index (χ4v) is 2.17. The third-order valence-corrected chi connectivity index (χ3v) is 3.37. The molecule has 0 saturated carbocycles. The molecule has 0 amide bonds. The molecule has 1 aromatic heterocycles. The van der Waals surface area contributed by atoms with E-state index < -0.39 is 11.8 Å². The molecule has 0 atom stereocenters. The van der Waals surface area contributed by atoms with Crippen molar-refractivity contribution in [1.82, 2.24) is 15.0 Å². The van der Waals surface area contributed by atoms with Gasteiger partial charge in [-0.25, -0.2) is 13.9 Å².